The van der Waals surface area contributed by atoms with Gasteiger partial charge in [0.2, 0.25) is 0 Å². The number of esters is 1. The van der Waals surface area contributed by atoms with Crippen molar-refractivity contribution < 1.29 is 19.0 Å². The van der Waals surface area contributed by atoms with E-state index in [4.69, 9.17) is 14.2 Å². The van der Waals surface area contributed by atoms with Crippen molar-refractivity contribution in [1.29, 1.82) is 0 Å². The number of benzene rings is 1. The third kappa shape index (κ3) is 5.57. The van der Waals surface area contributed by atoms with Crippen LogP contribution in [-0.2, 0) is 15.9 Å². The SMILES string of the molecule is O=C(OCCCc1cccnc1)c1ccc(OCC2CCCO2)cc1. The van der Waals surface area contributed by atoms with E-state index in [2.05, 4.69) is 4.98 Å². The number of pyridine rings is 1. The third-order valence-corrected chi connectivity index (χ3v) is 4.12. The molecule has 132 valence electrons. The first-order valence-electron chi connectivity index (χ1n) is 8.72. The molecule has 0 radical (unpaired) electrons. The molecule has 0 bridgehead atoms. The van der Waals surface area contributed by atoms with Gasteiger partial charge in [0, 0.05) is 19.0 Å². The Hall–Kier alpha value is -2.40. The predicted molar refractivity (Wildman–Crippen MR) is 93.8 cm³/mol. The molecule has 0 spiro atoms. The van der Waals surface area contributed by atoms with Gasteiger partial charge in [-0.3, -0.25) is 4.98 Å². The zero-order valence-corrected chi connectivity index (χ0v) is 14.2. The Morgan fingerprint density at radius 1 is 1.24 bits per heavy atom. The second-order valence-corrected chi connectivity index (χ2v) is 6.07. The molecule has 1 aliphatic heterocycles. The van der Waals surface area contributed by atoms with Crippen LogP contribution < -0.4 is 4.74 Å². The lowest BCUT2D eigenvalue weighted by atomic mass is 10.2. The lowest BCUT2D eigenvalue weighted by Gasteiger charge is -2.11. The lowest BCUT2D eigenvalue weighted by Crippen LogP contribution is -2.16. The summed E-state index contributed by atoms with van der Waals surface area (Å²) >= 11 is 0. The van der Waals surface area contributed by atoms with Gasteiger partial charge in [-0.25, -0.2) is 4.79 Å². The molecule has 1 aromatic heterocycles. The van der Waals surface area contributed by atoms with Crippen LogP contribution in [0.15, 0.2) is 48.8 Å². The highest BCUT2D eigenvalue weighted by Crippen LogP contribution is 2.17. The van der Waals surface area contributed by atoms with Gasteiger partial charge in [-0.1, -0.05) is 6.07 Å². The minimum Gasteiger partial charge on any atom is -0.491 e. The monoisotopic (exact) mass is 341 g/mol. The molecule has 3 rings (SSSR count). The van der Waals surface area contributed by atoms with Crippen molar-refractivity contribution in [2.75, 3.05) is 19.8 Å². The Kier molecular flexibility index (Phi) is 6.40. The summed E-state index contributed by atoms with van der Waals surface area (Å²) in [6.07, 6.45) is 7.53. The third-order valence-electron chi connectivity index (χ3n) is 4.12. The van der Waals surface area contributed by atoms with Gasteiger partial charge in [-0.05, 0) is 61.6 Å². The predicted octanol–water partition coefficient (Wildman–Crippen LogP) is 3.43. The molecule has 1 unspecified atom stereocenters. The fraction of sp³-hybridized carbons (Fsp3) is 0.400. The van der Waals surface area contributed by atoms with Crippen LogP contribution in [0.3, 0.4) is 0 Å². The van der Waals surface area contributed by atoms with Gasteiger partial charge in [0.25, 0.3) is 0 Å². The fourth-order valence-electron chi connectivity index (χ4n) is 2.72. The summed E-state index contributed by atoms with van der Waals surface area (Å²) in [6, 6.07) is 11.0. The van der Waals surface area contributed by atoms with E-state index >= 15 is 0 Å². The molecule has 2 aromatic rings. The summed E-state index contributed by atoms with van der Waals surface area (Å²) in [4.78, 5) is 16.1. The topological polar surface area (TPSA) is 57.7 Å². The first-order valence-corrected chi connectivity index (χ1v) is 8.72. The molecular formula is C20H23NO4. The van der Waals surface area contributed by atoms with Gasteiger partial charge in [0.15, 0.2) is 0 Å². The van der Waals surface area contributed by atoms with Gasteiger partial charge in [0.1, 0.15) is 12.4 Å². The number of carbonyl (C=O) groups is 1. The van der Waals surface area contributed by atoms with E-state index in [9.17, 15) is 4.79 Å². The number of ether oxygens (including phenoxy) is 3. The molecule has 0 aliphatic carbocycles. The normalized spacial score (nSPS) is 16.6. The molecule has 1 aromatic carbocycles. The molecule has 0 N–H and O–H groups in total. The largest absolute Gasteiger partial charge is 0.491 e. The number of aromatic nitrogens is 1. The lowest BCUT2D eigenvalue weighted by molar-refractivity contribution is 0.0500. The van der Waals surface area contributed by atoms with E-state index in [-0.39, 0.29) is 12.1 Å². The smallest absolute Gasteiger partial charge is 0.338 e. The van der Waals surface area contributed by atoms with Crippen LogP contribution in [-0.4, -0.2) is 36.9 Å². The summed E-state index contributed by atoms with van der Waals surface area (Å²) in [6.45, 7) is 1.77. The van der Waals surface area contributed by atoms with E-state index in [0.29, 0.717) is 18.8 Å². The Bertz CT molecular complexity index is 651. The molecule has 1 aliphatic rings. The van der Waals surface area contributed by atoms with Crippen LogP contribution in [0.4, 0.5) is 0 Å². The van der Waals surface area contributed by atoms with Crippen LogP contribution in [0.2, 0.25) is 0 Å². The number of hydrogen-bond acceptors (Lipinski definition) is 5. The van der Waals surface area contributed by atoms with Crippen molar-refractivity contribution in [2.24, 2.45) is 0 Å². The number of aryl methyl sites for hydroxylation is 1. The highest BCUT2D eigenvalue weighted by Gasteiger charge is 2.16. The minimum absolute atomic E-state index is 0.185. The first kappa shape index (κ1) is 17.4. The van der Waals surface area contributed by atoms with E-state index in [0.717, 1.165) is 43.6 Å². The Labute approximate surface area is 147 Å². The summed E-state index contributed by atoms with van der Waals surface area (Å²) in [5.74, 6) is 0.431. The molecule has 1 fully saturated rings. The summed E-state index contributed by atoms with van der Waals surface area (Å²) in [5, 5.41) is 0. The summed E-state index contributed by atoms with van der Waals surface area (Å²) in [5.41, 5.74) is 1.68. The zero-order chi connectivity index (χ0) is 17.3. The molecule has 5 nitrogen and oxygen atoms in total. The maximum absolute atomic E-state index is 12.0. The van der Waals surface area contributed by atoms with E-state index < -0.39 is 0 Å². The van der Waals surface area contributed by atoms with Crippen LogP contribution in [0.5, 0.6) is 5.75 Å². The second-order valence-electron chi connectivity index (χ2n) is 6.07. The van der Waals surface area contributed by atoms with Crippen molar-refractivity contribution in [3.8, 4) is 5.75 Å². The Morgan fingerprint density at radius 3 is 2.84 bits per heavy atom. The second kappa shape index (κ2) is 9.18. The summed E-state index contributed by atoms with van der Waals surface area (Å²) in [7, 11) is 0. The van der Waals surface area contributed by atoms with Crippen molar-refractivity contribution in [3.05, 3.63) is 59.9 Å². The highest BCUT2D eigenvalue weighted by atomic mass is 16.5. The van der Waals surface area contributed by atoms with Gasteiger partial charge in [-0.15, -0.1) is 0 Å². The quantitative estimate of drug-likeness (QED) is 0.544. The van der Waals surface area contributed by atoms with Gasteiger partial charge in [-0.2, -0.15) is 0 Å². The molecule has 0 saturated carbocycles. The standard InChI is InChI=1S/C20H23NO4/c22-20(24-13-2-5-16-4-1-11-21-14-16)17-7-9-18(10-8-17)25-15-19-6-3-12-23-19/h1,4,7-11,14,19H,2-3,5-6,12-13,15H2. The zero-order valence-electron chi connectivity index (χ0n) is 14.2. The van der Waals surface area contributed by atoms with Crippen LogP contribution >= 0.6 is 0 Å². The number of rotatable bonds is 8. The molecule has 0 amide bonds. The van der Waals surface area contributed by atoms with Crippen LogP contribution in [0, 0.1) is 0 Å². The molecular weight excluding hydrogens is 318 g/mol. The molecule has 1 saturated heterocycles. The van der Waals surface area contributed by atoms with Crippen LogP contribution in [0.25, 0.3) is 0 Å². The summed E-state index contributed by atoms with van der Waals surface area (Å²) < 4.78 is 16.5. The minimum atomic E-state index is -0.308. The number of hydrogen-bond donors (Lipinski definition) is 0. The van der Waals surface area contributed by atoms with E-state index in [1.807, 2.05) is 18.3 Å². The van der Waals surface area contributed by atoms with Crippen LogP contribution in [0.1, 0.15) is 35.2 Å². The number of carbonyl (C=O) groups excluding carboxylic acids is 1. The van der Waals surface area contributed by atoms with Gasteiger partial charge in [0.05, 0.1) is 18.3 Å². The van der Waals surface area contributed by atoms with E-state index in [1.165, 1.54) is 0 Å². The van der Waals surface area contributed by atoms with Crippen molar-refractivity contribution in [3.63, 3.8) is 0 Å². The van der Waals surface area contributed by atoms with Crippen molar-refractivity contribution in [1.82, 2.24) is 4.98 Å². The molecule has 2 heterocycles. The first-order chi connectivity index (χ1) is 12.3. The Morgan fingerprint density at radius 2 is 2.12 bits per heavy atom. The van der Waals surface area contributed by atoms with Gasteiger partial charge < -0.3 is 14.2 Å². The van der Waals surface area contributed by atoms with E-state index in [1.54, 1.807) is 30.5 Å². The molecule has 25 heavy (non-hydrogen) atoms. The highest BCUT2D eigenvalue weighted by molar-refractivity contribution is 5.89. The van der Waals surface area contributed by atoms with Crippen molar-refractivity contribution in [2.45, 2.75) is 31.8 Å². The molecule has 1 atom stereocenters. The average molecular weight is 341 g/mol. The Balaban J connectivity index is 1.38. The maximum atomic E-state index is 12.0. The molecule has 5 heteroatoms. The average Bonchev–Trinajstić information content (AvgIpc) is 3.18. The maximum Gasteiger partial charge on any atom is 0.338 e. The van der Waals surface area contributed by atoms with Crippen molar-refractivity contribution >= 4 is 5.97 Å². The van der Waals surface area contributed by atoms with Gasteiger partial charge >= 0.3 is 5.97 Å². The fourth-order valence-corrected chi connectivity index (χ4v) is 2.72. The number of nitrogens with zero attached hydrogens (tertiary/aromatic N) is 1.